The predicted molar refractivity (Wildman–Crippen MR) is 145 cm³/mol. The van der Waals surface area contributed by atoms with Gasteiger partial charge in [-0.1, -0.05) is 18.2 Å². The molecule has 7 nitrogen and oxygen atoms in total. The number of non-ortho nitro benzene ring substituents is 1. The standard InChI is InChI=1S/C24H21I2N3O4/c1-15-3-4-18(9-16(15)2)12-23(30)28-27-13-19-10-21(25)24(22(26)11-19)33-14-17-5-7-20(8-6-17)29(31)32/h3-11,13H,12,14H2,1-2H3,(H,28,30)/b27-13-. The van der Waals surface area contributed by atoms with Crippen LogP contribution in [-0.2, 0) is 17.8 Å². The van der Waals surface area contributed by atoms with Crippen molar-refractivity contribution in [1.29, 1.82) is 0 Å². The first-order valence-electron chi connectivity index (χ1n) is 9.96. The molecule has 33 heavy (non-hydrogen) atoms. The first-order valence-corrected chi connectivity index (χ1v) is 12.1. The van der Waals surface area contributed by atoms with Crippen molar-refractivity contribution in [3.63, 3.8) is 0 Å². The van der Waals surface area contributed by atoms with Gasteiger partial charge in [-0.05, 0) is 111 Å². The number of carbonyl (C=O) groups excluding carboxylic acids is 1. The molecule has 3 rings (SSSR count). The van der Waals surface area contributed by atoms with Crippen molar-refractivity contribution in [1.82, 2.24) is 5.43 Å². The number of hydrazone groups is 1. The highest BCUT2D eigenvalue weighted by atomic mass is 127. The van der Waals surface area contributed by atoms with Crippen molar-refractivity contribution in [3.05, 3.63) is 99.7 Å². The molecule has 9 heteroatoms. The van der Waals surface area contributed by atoms with Crippen LogP contribution in [0.4, 0.5) is 5.69 Å². The van der Waals surface area contributed by atoms with Crippen LogP contribution in [-0.4, -0.2) is 17.0 Å². The summed E-state index contributed by atoms with van der Waals surface area (Å²) in [7, 11) is 0. The highest BCUT2D eigenvalue weighted by Crippen LogP contribution is 2.29. The molecule has 0 saturated heterocycles. The molecule has 0 bridgehead atoms. The molecular formula is C24H21I2N3O4. The van der Waals surface area contributed by atoms with E-state index in [1.165, 1.54) is 17.7 Å². The minimum Gasteiger partial charge on any atom is -0.487 e. The summed E-state index contributed by atoms with van der Waals surface area (Å²) in [4.78, 5) is 22.5. The van der Waals surface area contributed by atoms with Gasteiger partial charge in [-0.25, -0.2) is 5.43 Å². The summed E-state index contributed by atoms with van der Waals surface area (Å²) >= 11 is 4.37. The molecule has 0 spiro atoms. The minimum atomic E-state index is -0.428. The van der Waals surface area contributed by atoms with Crippen molar-refractivity contribution >= 4 is 63.0 Å². The summed E-state index contributed by atoms with van der Waals surface area (Å²) in [6.45, 7) is 4.36. The maximum atomic E-state index is 12.2. The number of ether oxygens (including phenoxy) is 1. The lowest BCUT2D eigenvalue weighted by Crippen LogP contribution is -2.19. The number of halogens is 2. The lowest BCUT2D eigenvalue weighted by atomic mass is 10.0. The Labute approximate surface area is 219 Å². The highest BCUT2D eigenvalue weighted by Gasteiger charge is 2.10. The van der Waals surface area contributed by atoms with Crippen LogP contribution in [0.15, 0.2) is 59.7 Å². The number of nitro groups is 1. The first kappa shape index (κ1) is 25.1. The Hall–Kier alpha value is -2.54. The van der Waals surface area contributed by atoms with Crippen molar-refractivity contribution < 1.29 is 14.5 Å². The van der Waals surface area contributed by atoms with E-state index in [2.05, 4.69) is 55.7 Å². The fourth-order valence-corrected chi connectivity index (χ4v) is 5.11. The third-order valence-corrected chi connectivity index (χ3v) is 6.49. The maximum absolute atomic E-state index is 12.2. The Kier molecular flexibility index (Phi) is 8.78. The highest BCUT2D eigenvalue weighted by molar-refractivity contribution is 14.1. The van der Waals surface area contributed by atoms with Crippen LogP contribution in [0.2, 0.25) is 0 Å². The van der Waals surface area contributed by atoms with Crippen LogP contribution in [0.3, 0.4) is 0 Å². The average molecular weight is 669 g/mol. The SMILES string of the molecule is Cc1ccc(CC(=O)N/N=C\c2cc(I)c(OCc3ccc([N+](=O)[O-])cc3)c(I)c2)cc1C. The number of rotatable bonds is 8. The lowest BCUT2D eigenvalue weighted by Gasteiger charge is -2.11. The molecule has 1 amide bonds. The van der Waals surface area contributed by atoms with Crippen molar-refractivity contribution in [2.75, 3.05) is 0 Å². The number of amides is 1. The predicted octanol–water partition coefficient (Wildman–Crippen LogP) is 5.69. The average Bonchev–Trinajstić information content (AvgIpc) is 2.76. The van der Waals surface area contributed by atoms with Crippen molar-refractivity contribution in [2.24, 2.45) is 5.10 Å². The summed E-state index contributed by atoms with van der Waals surface area (Å²) < 4.78 is 7.72. The van der Waals surface area contributed by atoms with Gasteiger partial charge in [0.15, 0.2) is 0 Å². The third kappa shape index (κ3) is 7.22. The molecule has 3 aromatic rings. The topological polar surface area (TPSA) is 93.8 Å². The van der Waals surface area contributed by atoms with E-state index in [0.29, 0.717) is 6.61 Å². The van der Waals surface area contributed by atoms with Gasteiger partial charge in [0.25, 0.3) is 5.69 Å². The van der Waals surface area contributed by atoms with E-state index in [0.717, 1.165) is 35.1 Å². The molecule has 1 N–H and O–H groups in total. The van der Waals surface area contributed by atoms with Gasteiger partial charge < -0.3 is 4.74 Å². The Balaban J connectivity index is 1.58. The fourth-order valence-electron chi connectivity index (χ4n) is 2.98. The molecule has 0 atom stereocenters. The lowest BCUT2D eigenvalue weighted by molar-refractivity contribution is -0.384. The number of aryl methyl sites for hydroxylation is 2. The summed E-state index contributed by atoms with van der Waals surface area (Å²) in [5.74, 6) is 0.549. The number of nitrogens with zero attached hydrogens (tertiary/aromatic N) is 2. The number of hydrogen-bond acceptors (Lipinski definition) is 5. The van der Waals surface area contributed by atoms with E-state index in [9.17, 15) is 14.9 Å². The maximum Gasteiger partial charge on any atom is 0.269 e. The quantitative estimate of drug-likeness (QED) is 0.144. The second-order valence-corrected chi connectivity index (χ2v) is 9.74. The Bertz CT molecular complexity index is 1190. The third-order valence-electron chi connectivity index (χ3n) is 4.89. The summed E-state index contributed by atoms with van der Waals surface area (Å²) in [5, 5.41) is 14.8. The van der Waals surface area contributed by atoms with Gasteiger partial charge >= 0.3 is 0 Å². The zero-order valence-electron chi connectivity index (χ0n) is 18.0. The molecule has 3 aromatic carbocycles. The van der Waals surface area contributed by atoms with Gasteiger partial charge in [0.1, 0.15) is 12.4 Å². The Morgan fingerprint density at radius 1 is 1.03 bits per heavy atom. The summed E-state index contributed by atoms with van der Waals surface area (Å²) in [6, 6.07) is 16.1. The monoisotopic (exact) mass is 669 g/mol. The van der Waals surface area contributed by atoms with E-state index in [1.807, 2.05) is 44.2 Å². The fraction of sp³-hybridized carbons (Fsp3) is 0.167. The van der Waals surface area contributed by atoms with Crippen LogP contribution in [0.5, 0.6) is 5.75 Å². The van der Waals surface area contributed by atoms with Gasteiger partial charge in [-0.15, -0.1) is 0 Å². The molecule has 0 heterocycles. The Morgan fingerprint density at radius 3 is 2.27 bits per heavy atom. The van der Waals surface area contributed by atoms with Gasteiger partial charge in [0.2, 0.25) is 5.91 Å². The van der Waals surface area contributed by atoms with Crippen molar-refractivity contribution in [3.8, 4) is 5.75 Å². The largest absolute Gasteiger partial charge is 0.487 e. The second-order valence-electron chi connectivity index (χ2n) is 7.41. The molecule has 170 valence electrons. The molecule has 0 radical (unpaired) electrons. The van der Waals surface area contributed by atoms with Gasteiger partial charge in [0.05, 0.1) is 24.7 Å². The number of nitrogens with one attached hydrogen (secondary N) is 1. The zero-order chi connectivity index (χ0) is 24.0. The van der Waals surface area contributed by atoms with Gasteiger partial charge in [0, 0.05) is 12.1 Å². The van der Waals surface area contributed by atoms with Crippen LogP contribution in [0, 0.1) is 31.1 Å². The molecule has 0 aliphatic carbocycles. The molecule has 0 fully saturated rings. The van der Waals surface area contributed by atoms with E-state index >= 15 is 0 Å². The first-order chi connectivity index (χ1) is 15.7. The zero-order valence-corrected chi connectivity index (χ0v) is 22.3. The van der Waals surface area contributed by atoms with E-state index in [4.69, 9.17) is 4.74 Å². The minimum absolute atomic E-state index is 0.0487. The second kappa shape index (κ2) is 11.5. The summed E-state index contributed by atoms with van der Waals surface area (Å²) in [6.07, 6.45) is 1.87. The van der Waals surface area contributed by atoms with Crippen LogP contribution in [0.1, 0.15) is 27.8 Å². The van der Waals surface area contributed by atoms with E-state index in [1.54, 1.807) is 18.3 Å². The van der Waals surface area contributed by atoms with Gasteiger partial charge in [-0.2, -0.15) is 5.10 Å². The summed E-state index contributed by atoms with van der Waals surface area (Å²) in [5.41, 5.74) is 7.59. The van der Waals surface area contributed by atoms with E-state index in [-0.39, 0.29) is 18.0 Å². The molecule has 0 aromatic heterocycles. The van der Waals surface area contributed by atoms with E-state index < -0.39 is 4.92 Å². The molecule has 0 aliphatic rings. The van der Waals surface area contributed by atoms with Crippen molar-refractivity contribution in [2.45, 2.75) is 26.9 Å². The van der Waals surface area contributed by atoms with Crippen LogP contribution >= 0.6 is 45.2 Å². The molecule has 0 aliphatic heterocycles. The van der Waals surface area contributed by atoms with Gasteiger partial charge in [-0.3, -0.25) is 14.9 Å². The molecule has 0 unspecified atom stereocenters. The normalized spacial score (nSPS) is 10.9. The Morgan fingerprint density at radius 2 is 1.67 bits per heavy atom. The molecular weight excluding hydrogens is 648 g/mol. The number of hydrogen-bond donors (Lipinski definition) is 1. The molecule has 0 saturated carbocycles. The van der Waals surface area contributed by atoms with Crippen LogP contribution in [0.25, 0.3) is 0 Å². The number of benzene rings is 3. The number of carbonyl (C=O) groups is 1. The smallest absolute Gasteiger partial charge is 0.269 e. The van der Waals surface area contributed by atoms with Crippen LogP contribution < -0.4 is 10.2 Å². The number of nitro benzene ring substituents is 1.